The lowest BCUT2D eigenvalue weighted by molar-refractivity contribution is 0.125. The number of piperazine rings is 1. The average Bonchev–Trinajstić information content (AvgIpc) is 2.64. The highest BCUT2D eigenvalue weighted by atomic mass is 16.3. The summed E-state index contributed by atoms with van der Waals surface area (Å²) >= 11 is 0. The highest BCUT2D eigenvalue weighted by molar-refractivity contribution is 5.26. The first-order chi connectivity index (χ1) is 11.8. The Balaban J connectivity index is 1.39. The molecule has 0 saturated carbocycles. The lowest BCUT2D eigenvalue weighted by Crippen LogP contribution is -2.46. The van der Waals surface area contributed by atoms with Gasteiger partial charge in [0.25, 0.3) is 0 Å². The van der Waals surface area contributed by atoms with Gasteiger partial charge in [-0.2, -0.15) is 0 Å². The van der Waals surface area contributed by atoms with Crippen LogP contribution in [0.2, 0.25) is 0 Å². The van der Waals surface area contributed by atoms with E-state index in [0.717, 1.165) is 51.3 Å². The van der Waals surface area contributed by atoms with Crippen molar-refractivity contribution < 1.29 is 5.11 Å². The number of aromatic nitrogens is 1. The number of pyridine rings is 1. The van der Waals surface area contributed by atoms with E-state index in [1.54, 1.807) is 0 Å². The molecule has 1 aromatic carbocycles. The van der Waals surface area contributed by atoms with Gasteiger partial charge in [-0.15, -0.1) is 0 Å². The van der Waals surface area contributed by atoms with Gasteiger partial charge in [0.1, 0.15) is 0 Å². The summed E-state index contributed by atoms with van der Waals surface area (Å²) in [6.07, 6.45) is 6.10. The molecule has 0 aliphatic carbocycles. The SMILES string of the molecule is OCc1ccccc1CN1CCN(CCCc2cccnc2)CC1. The summed E-state index contributed by atoms with van der Waals surface area (Å²) in [6, 6.07) is 12.4. The van der Waals surface area contributed by atoms with E-state index in [2.05, 4.69) is 33.0 Å². The summed E-state index contributed by atoms with van der Waals surface area (Å²) in [5.74, 6) is 0. The van der Waals surface area contributed by atoms with E-state index in [-0.39, 0.29) is 6.61 Å². The standard InChI is InChI=1S/C20H27N3O/c24-17-20-8-2-1-7-19(20)16-23-13-11-22(12-14-23)10-4-6-18-5-3-9-21-15-18/h1-3,5,7-9,15,24H,4,6,10-14,16-17H2. The van der Waals surface area contributed by atoms with Crippen molar-refractivity contribution in [2.45, 2.75) is 26.0 Å². The quantitative estimate of drug-likeness (QED) is 0.848. The third-order valence-electron chi connectivity index (χ3n) is 4.81. The predicted octanol–water partition coefficient (Wildman–Crippen LogP) is 2.32. The highest BCUT2D eigenvalue weighted by Gasteiger charge is 2.17. The van der Waals surface area contributed by atoms with E-state index in [1.165, 1.54) is 17.5 Å². The molecule has 2 aromatic rings. The number of aliphatic hydroxyl groups is 1. The molecular formula is C20H27N3O. The van der Waals surface area contributed by atoms with E-state index in [0.29, 0.717) is 0 Å². The normalized spacial score (nSPS) is 16.4. The van der Waals surface area contributed by atoms with Gasteiger partial charge in [-0.3, -0.25) is 9.88 Å². The molecule has 1 aliphatic heterocycles. The Hall–Kier alpha value is -1.75. The number of hydrogen-bond acceptors (Lipinski definition) is 4. The maximum Gasteiger partial charge on any atom is 0.0685 e. The minimum Gasteiger partial charge on any atom is -0.392 e. The van der Waals surface area contributed by atoms with Gasteiger partial charge in [-0.25, -0.2) is 0 Å². The van der Waals surface area contributed by atoms with Gasteiger partial charge in [0.2, 0.25) is 0 Å². The Morgan fingerprint density at radius 2 is 1.67 bits per heavy atom. The van der Waals surface area contributed by atoms with Crippen LogP contribution in [0.25, 0.3) is 0 Å². The summed E-state index contributed by atoms with van der Waals surface area (Å²) in [5, 5.41) is 9.45. The van der Waals surface area contributed by atoms with Crippen molar-refractivity contribution in [3.05, 3.63) is 65.5 Å². The molecule has 2 heterocycles. The minimum absolute atomic E-state index is 0.129. The predicted molar refractivity (Wildman–Crippen MR) is 96.6 cm³/mol. The number of aliphatic hydroxyl groups excluding tert-OH is 1. The third-order valence-corrected chi connectivity index (χ3v) is 4.81. The maximum atomic E-state index is 9.45. The molecule has 1 saturated heterocycles. The van der Waals surface area contributed by atoms with Crippen LogP contribution in [0.4, 0.5) is 0 Å². The van der Waals surface area contributed by atoms with Crippen molar-refractivity contribution in [3.63, 3.8) is 0 Å². The number of nitrogens with zero attached hydrogens (tertiary/aromatic N) is 3. The van der Waals surface area contributed by atoms with Crippen molar-refractivity contribution in [1.29, 1.82) is 0 Å². The summed E-state index contributed by atoms with van der Waals surface area (Å²) in [6.45, 7) is 6.71. The lowest BCUT2D eigenvalue weighted by atomic mass is 10.1. The Morgan fingerprint density at radius 1 is 0.917 bits per heavy atom. The van der Waals surface area contributed by atoms with Crippen LogP contribution in [0.15, 0.2) is 48.8 Å². The van der Waals surface area contributed by atoms with Gasteiger partial charge >= 0.3 is 0 Å². The molecule has 4 nitrogen and oxygen atoms in total. The van der Waals surface area contributed by atoms with E-state index in [9.17, 15) is 5.11 Å². The molecular weight excluding hydrogens is 298 g/mol. The highest BCUT2D eigenvalue weighted by Crippen LogP contribution is 2.14. The van der Waals surface area contributed by atoms with Crippen molar-refractivity contribution in [3.8, 4) is 0 Å². The fourth-order valence-corrected chi connectivity index (χ4v) is 3.33. The molecule has 0 unspecified atom stereocenters. The van der Waals surface area contributed by atoms with Crippen LogP contribution >= 0.6 is 0 Å². The largest absolute Gasteiger partial charge is 0.392 e. The third kappa shape index (κ3) is 4.87. The average molecular weight is 325 g/mol. The first-order valence-corrected chi connectivity index (χ1v) is 8.86. The molecule has 1 aromatic heterocycles. The van der Waals surface area contributed by atoms with Gasteiger partial charge in [-0.1, -0.05) is 30.3 Å². The van der Waals surface area contributed by atoms with E-state index in [4.69, 9.17) is 0 Å². The van der Waals surface area contributed by atoms with Crippen molar-refractivity contribution in [2.24, 2.45) is 0 Å². The number of hydrogen-bond donors (Lipinski definition) is 1. The second kappa shape index (κ2) is 8.92. The van der Waals surface area contributed by atoms with Crippen molar-refractivity contribution in [1.82, 2.24) is 14.8 Å². The van der Waals surface area contributed by atoms with E-state index in [1.807, 2.05) is 30.6 Å². The van der Waals surface area contributed by atoms with Gasteiger partial charge in [0.05, 0.1) is 6.61 Å². The number of benzene rings is 1. The smallest absolute Gasteiger partial charge is 0.0685 e. The Morgan fingerprint density at radius 3 is 2.38 bits per heavy atom. The zero-order chi connectivity index (χ0) is 16.6. The summed E-state index contributed by atoms with van der Waals surface area (Å²) < 4.78 is 0. The van der Waals surface area contributed by atoms with Crippen molar-refractivity contribution >= 4 is 0 Å². The second-order valence-electron chi connectivity index (χ2n) is 6.51. The van der Waals surface area contributed by atoms with Crippen molar-refractivity contribution in [2.75, 3.05) is 32.7 Å². The van der Waals surface area contributed by atoms with Crippen LogP contribution in [0.1, 0.15) is 23.1 Å². The van der Waals surface area contributed by atoms with Gasteiger partial charge in [0.15, 0.2) is 0 Å². The van der Waals surface area contributed by atoms with Crippen LogP contribution in [-0.2, 0) is 19.6 Å². The summed E-state index contributed by atoms with van der Waals surface area (Å²) in [4.78, 5) is 9.23. The molecule has 1 N–H and O–H groups in total. The molecule has 24 heavy (non-hydrogen) atoms. The molecule has 0 spiro atoms. The zero-order valence-electron chi connectivity index (χ0n) is 14.3. The van der Waals surface area contributed by atoms with Crippen LogP contribution in [0.3, 0.4) is 0 Å². The van der Waals surface area contributed by atoms with Crippen LogP contribution in [0, 0.1) is 0 Å². The van der Waals surface area contributed by atoms with Crippen LogP contribution < -0.4 is 0 Å². The maximum absolute atomic E-state index is 9.45. The Kier molecular flexibility index (Phi) is 6.35. The molecule has 1 fully saturated rings. The van der Waals surface area contributed by atoms with Gasteiger partial charge < -0.3 is 10.0 Å². The number of rotatable bonds is 7. The molecule has 0 bridgehead atoms. The molecule has 3 rings (SSSR count). The Bertz CT molecular complexity index is 609. The molecule has 4 heteroatoms. The van der Waals surface area contributed by atoms with E-state index < -0.39 is 0 Å². The first kappa shape index (κ1) is 17.1. The second-order valence-corrected chi connectivity index (χ2v) is 6.51. The van der Waals surface area contributed by atoms with Gasteiger partial charge in [-0.05, 0) is 42.1 Å². The monoisotopic (exact) mass is 325 g/mol. The molecule has 1 aliphatic rings. The Labute approximate surface area is 144 Å². The van der Waals surface area contributed by atoms with E-state index >= 15 is 0 Å². The summed E-state index contributed by atoms with van der Waals surface area (Å²) in [5.41, 5.74) is 3.64. The fourth-order valence-electron chi connectivity index (χ4n) is 3.33. The molecule has 0 amide bonds. The topological polar surface area (TPSA) is 39.6 Å². The fraction of sp³-hybridized carbons (Fsp3) is 0.450. The van der Waals surface area contributed by atoms with Gasteiger partial charge in [0, 0.05) is 45.1 Å². The minimum atomic E-state index is 0.129. The molecule has 128 valence electrons. The number of aryl methyl sites for hydroxylation is 1. The first-order valence-electron chi connectivity index (χ1n) is 8.86. The van der Waals surface area contributed by atoms with Crippen LogP contribution in [-0.4, -0.2) is 52.6 Å². The zero-order valence-corrected chi connectivity index (χ0v) is 14.3. The lowest BCUT2D eigenvalue weighted by Gasteiger charge is -2.35. The van der Waals surface area contributed by atoms with Crippen LogP contribution in [0.5, 0.6) is 0 Å². The molecule has 0 atom stereocenters. The summed E-state index contributed by atoms with van der Waals surface area (Å²) in [7, 11) is 0. The molecule has 0 radical (unpaired) electrons.